The number of hydrogen-bond donors (Lipinski definition) is 1. The maximum Gasteiger partial charge on any atom is 0.407 e. The molecule has 180 valence electrons. The van der Waals surface area contributed by atoms with E-state index in [0.717, 1.165) is 22.9 Å². The van der Waals surface area contributed by atoms with E-state index < -0.39 is 22.3 Å². The average Bonchev–Trinajstić information content (AvgIpc) is 2.76. The first kappa shape index (κ1) is 25.7. The number of benzene rings is 2. The Morgan fingerprint density at radius 2 is 1.73 bits per heavy atom. The average molecular weight is 540 g/mol. The molecule has 0 aromatic heterocycles. The molecule has 1 amide bonds. The number of rotatable bonds is 9. The summed E-state index contributed by atoms with van der Waals surface area (Å²) in [6.07, 6.45) is 1.84. The van der Waals surface area contributed by atoms with Gasteiger partial charge in [0.25, 0.3) is 10.1 Å². The maximum atomic E-state index is 12.6. The highest BCUT2D eigenvalue weighted by molar-refractivity contribution is 9.10. The third-order valence-corrected chi connectivity index (χ3v) is 7.30. The number of ether oxygens (including phenoxy) is 2. The van der Waals surface area contributed by atoms with Gasteiger partial charge in [-0.25, -0.2) is 4.79 Å². The zero-order valence-corrected chi connectivity index (χ0v) is 21.2. The maximum absolute atomic E-state index is 12.6. The quantitative estimate of drug-likeness (QED) is 0.448. The molecule has 0 bridgehead atoms. The lowest BCUT2D eigenvalue weighted by Gasteiger charge is -2.34. The molecule has 1 fully saturated rings. The van der Waals surface area contributed by atoms with Crippen LogP contribution in [0.5, 0.6) is 0 Å². The van der Waals surface area contributed by atoms with Crippen LogP contribution in [0.1, 0.15) is 38.7 Å². The zero-order chi connectivity index (χ0) is 23.8. The molecule has 1 N–H and O–H groups in total. The predicted molar refractivity (Wildman–Crippen MR) is 128 cm³/mol. The van der Waals surface area contributed by atoms with Crippen molar-refractivity contribution in [3.8, 4) is 0 Å². The van der Waals surface area contributed by atoms with Gasteiger partial charge in [0.1, 0.15) is 6.61 Å². The second kappa shape index (κ2) is 12.0. The van der Waals surface area contributed by atoms with Crippen LogP contribution < -0.4 is 5.32 Å². The summed E-state index contributed by atoms with van der Waals surface area (Å²) in [5.74, 6) is 0.266. The molecule has 9 heteroatoms. The molecule has 0 saturated carbocycles. The molecule has 0 aliphatic carbocycles. The first-order chi connectivity index (χ1) is 15.7. The van der Waals surface area contributed by atoms with Gasteiger partial charge in [-0.15, -0.1) is 0 Å². The normalized spacial score (nSPS) is 21.8. The monoisotopic (exact) mass is 539 g/mol. The first-order valence-electron chi connectivity index (χ1n) is 11.0. The molecule has 33 heavy (non-hydrogen) atoms. The Morgan fingerprint density at radius 1 is 1.09 bits per heavy atom. The fourth-order valence-corrected chi connectivity index (χ4v) is 5.29. The Bertz CT molecular complexity index is 989. The van der Waals surface area contributed by atoms with Gasteiger partial charge in [-0.3, -0.25) is 4.18 Å². The third-order valence-electron chi connectivity index (χ3n) is 5.47. The van der Waals surface area contributed by atoms with Gasteiger partial charge in [0, 0.05) is 4.47 Å². The van der Waals surface area contributed by atoms with Gasteiger partial charge >= 0.3 is 6.09 Å². The Hall–Kier alpha value is -1.94. The van der Waals surface area contributed by atoms with Crippen LogP contribution in [0, 0.1) is 5.92 Å². The zero-order valence-electron chi connectivity index (χ0n) is 18.8. The molecule has 1 heterocycles. The summed E-state index contributed by atoms with van der Waals surface area (Å²) in [4.78, 5) is 12.5. The molecule has 7 nitrogen and oxygen atoms in total. The molecule has 3 unspecified atom stereocenters. The molecule has 1 saturated heterocycles. The summed E-state index contributed by atoms with van der Waals surface area (Å²) < 4.78 is 42.5. The van der Waals surface area contributed by atoms with E-state index in [0.29, 0.717) is 6.42 Å². The lowest BCUT2D eigenvalue weighted by atomic mass is 9.87. The van der Waals surface area contributed by atoms with Crippen molar-refractivity contribution in [3.05, 3.63) is 64.6 Å². The number of halogens is 1. The van der Waals surface area contributed by atoms with E-state index in [1.165, 1.54) is 12.1 Å². The van der Waals surface area contributed by atoms with Crippen molar-refractivity contribution in [2.24, 2.45) is 5.92 Å². The summed E-state index contributed by atoms with van der Waals surface area (Å²) in [6, 6.07) is 15.0. The molecule has 2 aromatic carbocycles. The predicted octanol–water partition coefficient (Wildman–Crippen LogP) is 5.04. The fraction of sp³-hybridized carbons (Fsp3) is 0.458. The second-order valence-corrected chi connectivity index (χ2v) is 11.0. The van der Waals surface area contributed by atoms with Crippen LogP contribution in [-0.4, -0.2) is 39.4 Å². The van der Waals surface area contributed by atoms with E-state index in [9.17, 15) is 13.2 Å². The molecule has 3 rings (SSSR count). The van der Waals surface area contributed by atoms with Crippen LogP contribution >= 0.6 is 15.9 Å². The molecular weight excluding hydrogens is 510 g/mol. The van der Waals surface area contributed by atoms with Crippen molar-refractivity contribution in [2.45, 2.75) is 62.9 Å². The number of carbonyl (C=O) groups is 1. The first-order valence-corrected chi connectivity index (χ1v) is 13.2. The largest absolute Gasteiger partial charge is 0.445 e. The minimum Gasteiger partial charge on any atom is -0.445 e. The van der Waals surface area contributed by atoms with Crippen LogP contribution in [0.3, 0.4) is 0 Å². The molecule has 1 aliphatic heterocycles. The van der Waals surface area contributed by atoms with Gasteiger partial charge in [-0.1, -0.05) is 46.3 Å². The topological polar surface area (TPSA) is 90.9 Å². The van der Waals surface area contributed by atoms with Gasteiger partial charge < -0.3 is 14.8 Å². The Balaban J connectivity index is 1.63. The van der Waals surface area contributed by atoms with Crippen LogP contribution in [0.15, 0.2) is 64.0 Å². The van der Waals surface area contributed by atoms with E-state index in [2.05, 4.69) is 21.2 Å². The van der Waals surface area contributed by atoms with Crippen LogP contribution in [0.4, 0.5) is 4.79 Å². The van der Waals surface area contributed by atoms with Crippen molar-refractivity contribution in [3.63, 3.8) is 0 Å². The standard InChI is InChI=1S/C24H30BrNO6S/c1-17-12-20(13-18(2)32-17)14-22(26-24(27)30-15-19-6-4-3-5-7-19)16-31-33(28,29)23-10-8-21(25)9-11-23/h3-11,17-18,20,22H,12-16H2,1-2H3,(H,26,27). The van der Waals surface area contributed by atoms with Crippen LogP contribution in [0.2, 0.25) is 0 Å². The van der Waals surface area contributed by atoms with Gasteiger partial charge in [0.15, 0.2) is 0 Å². The van der Waals surface area contributed by atoms with E-state index in [4.69, 9.17) is 13.7 Å². The number of amides is 1. The van der Waals surface area contributed by atoms with E-state index in [-0.39, 0.29) is 36.2 Å². The number of nitrogens with one attached hydrogen (secondary N) is 1. The SMILES string of the molecule is CC1CC(CC(COS(=O)(=O)c2ccc(Br)cc2)NC(=O)OCc2ccccc2)CC(C)O1. The summed E-state index contributed by atoms with van der Waals surface area (Å²) in [5, 5.41) is 2.80. The Kier molecular flexibility index (Phi) is 9.31. The van der Waals surface area contributed by atoms with Crippen LogP contribution in [0.25, 0.3) is 0 Å². The van der Waals surface area contributed by atoms with Crippen molar-refractivity contribution < 1.29 is 26.9 Å². The third kappa shape index (κ3) is 8.41. The summed E-state index contributed by atoms with van der Waals surface area (Å²) in [7, 11) is -3.96. The molecular formula is C24H30BrNO6S. The van der Waals surface area contributed by atoms with E-state index in [1.54, 1.807) is 12.1 Å². The van der Waals surface area contributed by atoms with Crippen molar-refractivity contribution in [1.82, 2.24) is 5.32 Å². The highest BCUT2D eigenvalue weighted by atomic mass is 79.9. The fourth-order valence-electron chi connectivity index (χ4n) is 4.08. The van der Waals surface area contributed by atoms with Gasteiger partial charge in [-0.05, 0) is 68.9 Å². The lowest BCUT2D eigenvalue weighted by molar-refractivity contribution is -0.0554. The van der Waals surface area contributed by atoms with Gasteiger partial charge in [0.05, 0.1) is 29.8 Å². The van der Waals surface area contributed by atoms with Crippen LogP contribution in [-0.2, 0) is 30.4 Å². The van der Waals surface area contributed by atoms with Gasteiger partial charge in [0.2, 0.25) is 0 Å². The lowest BCUT2D eigenvalue weighted by Crippen LogP contribution is -2.42. The smallest absolute Gasteiger partial charge is 0.407 e. The van der Waals surface area contributed by atoms with E-state index >= 15 is 0 Å². The molecule has 0 radical (unpaired) electrons. The number of carbonyl (C=O) groups excluding carboxylic acids is 1. The molecule has 2 aromatic rings. The van der Waals surface area contributed by atoms with Crippen molar-refractivity contribution in [1.29, 1.82) is 0 Å². The second-order valence-electron chi connectivity index (χ2n) is 8.43. The van der Waals surface area contributed by atoms with E-state index in [1.807, 2.05) is 44.2 Å². The highest BCUT2D eigenvalue weighted by Gasteiger charge is 2.29. The number of hydrogen-bond acceptors (Lipinski definition) is 6. The van der Waals surface area contributed by atoms with Gasteiger partial charge in [-0.2, -0.15) is 8.42 Å². The van der Waals surface area contributed by atoms with Crippen molar-refractivity contribution >= 4 is 32.1 Å². The highest BCUT2D eigenvalue weighted by Crippen LogP contribution is 2.28. The minimum absolute atomic E-state index is 0.0596. The van der Waals surface area contributed by atoms with Crippen molar-refractivity contribution in [2.75, 3.05) is 6.61 Å². The minimum atomic E-state index is -3.96. The molecule has 3 atom stereocenters. The summed E-state index contributed by atoms with van der Waals surface area (Å²) >= 11 is 3.29. The Labute approximate surface area is 204 Å². The summed E-state index contributed by atoms with van der Waals surface area (Å²) in [6.45, 7) is 3.99. The molecule has 0 spiro atoms. The Morgan fingerprint density at radius 3 is 2.36 bits per heavy atom. The molecule has 1 aliphatic rings. The summed E-state index contributed by atoms with van der Waals surface area (Å²) in [5.41, 5.74) is 0.866. The number of alkyl carbamates (subject to hydrolysis) is 1.